The number of hydrogen-bond acceptors (Lipinski definition) is 6. The zero-order chi connectivity index (χ0) is 27.0. The van der Waals surface area contributed by atoms with Crippen LogP contribution in [0.4, 0.5) is 0 Å². The third-order valence-corrected chi connectivity index (χ3v) is 7.59. The lowest BCUT2D eigenvalue weighted by atomic mass is 10.0. The average Bonchev–Trinajstić information content (AvgIpc) is 3.35. The van der Waals surface area contributed by atoms with Crippen LogP contribution in [0, 0.1) is 12.8 Å². The number of carboxylic acid groups (broad SMARTS) is 1. The largest absolute Gasteiger partial charge is 0.480 e. The molecule has 0 unspecified atom stereocenters. The van der Waals surface area contributed by atoms with Gasteiger partial charge < -0.3 is 9.84 Å². The molecular formula is C29H25N3O4S2. The fraction of sp³-hybridized carbons (Fsp3) is 0.172. The number of ether oxygens (including phenoxy) is 1. The molecule has 1 fully saturated rings. The summed E-state index contributed by atoms with van der Waals surface area (Å²) in [6.45, 7) is 5.35. The number of amides is 1. The summed E-state index contributed by atoms with van der Waals surface area (Å²) < 4.78 is 8.36. The molecule has 1 aliphatic rings. The molecule has 192 valence electrons. The van der Waals surface area contributed by atoms with Crippen molar-refractivity contribution in [2.75, 3.05) is 0 Å². The number of thioether (sulfide) groups is 1. The van der Waals surface area contributed by atoms with Gasteiger partial charge in [-0.1, -0.05) is 86.4 Å². The third kappa shape index (κ3) is 4.82. The smallest absolute Gasteiger partial charge is 0.327 e. The number of para-hydroxylation sites is 1. The monoisotopic (exact) mass is 543 g/mol. The molecule has 2 heterocycles. The Morgan fingerprint density at radius 1 is 1.05 bits per heavy atom. The zero-order valence-corrected chi connectivity index (χ0v) is 22.6. The lowest BCUT2D eigenvalue weighted by molar-refractivity contribution is -0.146. The second kappa shape index (κ2) is 10.4. The topological polar surface area (TPSA) is 84.7 Å². The van der Waals surface area contributed by atoms with Crippen molar-refractivity contribution in [2.24, 2.45) is 5.92 Å². The van der Waals surface area contributed by atoms with Crippen LogP contribution in [0.1, 0.15) is 25.1 Å². The number of aliphatic carboxylic acids is 1. The van der Waals surface area contributed by atoms with E-state index in [1.807, 2.05) is 79.7 Å². The molecule has 1 N–H and O–H groups in total. The number of fused-ring (bicyclic) bond motifs is 1. The molecule has 0 saturated carbocycles. The Kier molecular flexibility index (Phi) is 7.05. The first-order valence-electron chi connectivity index (χ1n) is 12.1. The van der Waals surface area contributed by atoms with Crippen molar-refractivity contribution in [3.05, 3.63) is 89.0 Å². The number of aryl methyl sites for hydroxylation is 1. The molecule has 1 aromatic heterocycles. The Hall–Kier alpha value is -3.95. The molecule has 0 radical (unpaired) electrons. The van der Waals surface area contributed by atoms with Gasteiger partial charge in [0, 0.05) is 0 Å². The van der Waals surface area contributed by atoms with E-state index in [0.29, 0.717) is 27.8 Å². The van der Waals surface area contributed by atoms with Crippen molar-refractivity contribution >= 4 is 57.0 Å². The van der Waals surface area contributed by atoms with Crippen molar-refractivity contribution in [3.8, 4) is 17.3 Å². The van der Waals surface area contributed by atoms with E-state index in [2.05, 4.69) is 0 Å². The lowest BCUT2D eigenvalue weighted by Gasteiger charge is -2.26. The summed E-state index contributed by atoms with van der Waals surface area (Å²) in [5.74, 6) is -0.791. The number of aromatic nitrogens is 2. The Labute approximate surface area is 229 Å². The molecule has 4 aromatic rings. The molecule has 0 aliphatic carbocycles. The van der Waals surface area contributed by atoms with Gasteiger partial charge in [0.15, 0.2) is 0 Å². The predicted octanol–water partition coefficient (Wildman–Crippen LogP) is 6.44. The molecule has 1 aliphatic heterocycles. The standard InChI is InChI=1S/C29H25N3O4S2/c1-17(2)25(28(34)35)31-26(33)24(38-29(31)37)16-23-18(3)30-32(21-11-5-4-6-12-21)27(23)36-22-14-13-19-9-7-8-10-20(19)15-22/h4-17,25H,1-3H3,(H,34,35)/b24-16-/t25-/m0/s1. The van der Waals surface area contributed by atoms with Crippen molar-refractivity contribution in [1.29, 1.82) is 0 Å². The van der Waals surface area contributed by atoms with Gasteiger partial charge in [-0.2, -0.15) is 9.78 Å². The van der Waals surface area contributed by atoms with E-state index in [-0.39, 0.29) is 10.2 Å². The summed E-state index contributed by atoms with van der Waals surface area (Å²) in [6.07, 6.45) is 1.69. The normalized spacial score (nSPS) is 15.6. The van der Waals surface area contributed by atoms with Crippen LogP contribution >= 0.6 is 24.0 Å². The van der Waals surface area contributed by atoms with E-state index >= 15 is 0 Å². The molecule has 0 bridgehead atoms. The first-order chi connectivity index (χ1) is 18.2. The number of benzene rings is 3. The number of carbonyl (C=O) groups is 2. The van der Waals surface area contributed by atoms with Crippen LogP contribution in [-0.4, -0.2) is 42.0 Å². The van der Waals surface area contributed by atoms with Crippen LogP contribution in [0.5, 0.6) is 11.6 Å². The Morgan fingerprint density at radius 2 is 1.74 bits per heavy atom. The highest BCUT2D eigenvalue weighted by Crippen LogP contribution is 2.39. The number of hydrogen-bond donors (Lipinski definition) is 1. The summed E-state index contributed by atoms with van der Waals surface area (Å²) >= 11 is 6.52. The quantitative estimate of drug-likeness (QED) is 0.212. The van der Waals surface area contributed by atoms with Crippen LogP contribution in [0.2, 0.25) is 0 Å². The number of thiocarbonyl (C=S) groups is 1. The molecule has 9 heteroatoms. The highest BCUT2D eigenvalue weighted by atomic mass is 32.2. The van der Waals surface area contributed by atoms with Gasteiger partial charge in [-0.15, -0.1) is 0 Å². The molecule has 7 nitrogen and oxygen atoms in total. The van der Waals surface area contributed by atoms with Crippen LogP contribution in [0.3, 0.4) is 0 Å². The van der Waals surface area contributed by atoms with Gasteiger partial charge in [0.05, 0.1) is 21.8 Å². The number of rotatable bonds is 7. The van der Waals surface area contributed by atoms with E-state index in [4.69, 9.17) is 22.1 Å². The summed E-state index contributed by atoms with van der Waals surface area (Å²) in [6, 6.07) is 22.4. The Bertz CT molecular complexity index is 1590. The van der Waals surface area contributed by atoms with Gasteiger partial charge in [-0.3, -0.25) is 9.69 Å². The summed E-state index contributed by atoms with van der Waals surface area (Å²) in [4.78, 5) is 26.8. The average molecular weight is 544 g/mol. The van der Waals surface area contributed by atoms with Gasteiger partial charge in [-0.25, -0.2) is 4.79 Å². The van der Waals surface area contributed by atoms with Gasteiger partial charge in [0.25, 0.3) is 5.91 Å². The zero-order valence-electron chi connectivity index (χ0n) is 21.0. The molecule has 1 amide bonds. The van der Waals surface area contributed by atoms with Gasteiger partial charge >= 0.3 is 5.97 Å². The minimum atomic E-state index is -1.09. The van der Waals surface area contributed by atoms with Crippen LogP contribution < -0.4 is 4.74 Å². The fourth-order valence-electron chi connectivity index (χ4n) is 4.41. The second-order valence-corrected chi connectivity index (χ2v) is 10.9. The van der Waals surface area contributed by atoms with Crippen LogP contribution in [0.15, 0.2) is 77.7 Å². The molecular weight excluding hydrogens is 518 g/mol. The molecule has 1 saturated heterocycles. The minimum Gasteiger partial charge on any atom is -0.480 e. The molecule has 1 atom stereocenters. The van der Waals surface area contributed by atoms with Crippen LogP contribution in [-0.2, 0) is 9.59 Å². The van der Waals surface area contributed by atoms with E-state index in [9.17, 15) is 14.7 Å². The predicted molar refractivity (Wildman–Crippen MR) is 154 cm³/mol. The third-order valence-electron chi connectivity index (χ3n) is 6.26. The van der Waals surface area contributed by atoms with Crippen molar-refractivity contribution in [1.82, 2.24) is 14.7 Å². The highest BCUT2D eigenvalue weighted by Gasteiger charge is 2.42. The van der Waals surface area contributed by atoms with Gasteiger partial charge in [0.2, 0.25) is 5.88 Å². The maximum atomic E-state index is 13.4. The Balaban J connectivity index is 1.60. The summed E-state index contributed by atoms with van der Waals surface area (Å²) in [5.41, 5.74) is 2.05. The van der Waals surface area contributed by atoms with Gasteiger partial charge in [0.1, 0.15) is 16.1 Å². The maximum absolute atomic E-state index is 13.4. The van der Waals surface area contributed by atoms with E-state index in [0.717, 1.165) is 28.2 Å². The Morgan fingerprint density at radius 3 is 2.42 bits per heavy atom. The maximum Gasteiger partial charge on any atom is 0.327 e. The van der Waals surface area contributed by atoms with Crippen molar-refractivity contribution in [3.63, 3.8) is 0 Å². The molecule has 3 aromatic carbocycles. The minimum absolute atomic E-state index is 0.215. The fourth-order valence-corrected chi connectivity index (χ4v) is 5.72. The molecule has 5 rings (SSSR count). The summed E-state index contributed by atoms with van der Waals surface area (Å²) in [7, 11) is 0. The first kappa shape index (κ1) is 25.7. The van der Waals surface area contributed by atoms with Crippen molar-refractivity contribution in [2.45, 2.75) is 26.8 Å². The lowest BCUT2D eigenvalue weighted by Crippen LogP contribution is -2.47. The van der Waals surface area contributed by atoms with E-state index < -0.39 is 17.9 Å². The second-order valence-electron chi connectivity index (χ2n) is 9.24. The first-order valence-corrected chi connectivity index (χ1v) is 13.3. The summed E-state index contributed by atoms with van der Waals surface area (Å²) in [5, 5.41) is 16.6. The number of carbonyl (C=O) groups excluding carboxylic acids is 1. The molecule has 38 heavy (non-hydrogen) atoms. The number of carboxylic acids is 1. The van der Waals surface area contributed by atoms with E-state index in [1.54, 1.807) is 24.6 Å². The van der Waals surface area contributed by atoms with E-state index in [1.165, 1.54) is 4.90 Å². The van der Waals surface area contributed by atoms with Gasteiger partial charge in [-0.05, 0) is 54.0 Å². The number of nitrogens with zero attached hydrogens (tertiary/aromatic N) is 3. The van der Waals surface area contributed by atoms with Crippen molar-refractivity contribution < 1.29 is 19.4 Å². The highest BCUT2D eigenvalue weighted by molar-refractivity contribution is 8.26. The molecule has 0 spiro atoms. The van der Waals surface area contributed by atoms with Crippen LogP contribution in [0.25, 0.3) is 22.5 Å². The SMILES string of the molecule is Cc1nn(-c2ccccc2)c(Oc2ccc3ccccc3c2)c1/C=C1\SC(=S)N([C@H](C(=O)O)C(C)C)C1=O.